The van der Waals surface area contributed by atoms with Gasteiger partial charge in [0.15, 0.2) is 0 Å². The second-order valence-corrected chi connectivity index (χ2v) is 5.18. The summed E-state index contributed by atoms with van der Waals surface area (Å²) in [5.41, 5.74) is 7.42. The Hall–Kier alpha value is -1.36. The van der Waals surface area contributed by atoms with Crippen molar-refractivity contribution < 1.29 is 4.79 Å². The van der Waals surface area contributed by atoms with Gasteiger partial charge in [0, 0.05) is 19.2 Å². The Labute approximate surface area is 108 Å². The zero-order valence-electron chi connectivity index (χ0n) is 11.1. The number of rotatable bonds is 3. The second kappa shape index (κ2) is 5.52. The van der Waals surface area contributed by atoms with Crippen molar-refractivity contribution in [1.82, 2.24) is 9.78 Å². The van der Waals surface area contributed by atoms with Crippen LogP contribution in [0.3, 0.4) is 0 Å². The van der Waals surface area contributed by atoms with Crippen LogP contribution in [-0.2, 0) is 11.8 Å². The van der Waals surface area contributed by atoms with Gasteiger partial charge in [-0.25, -0.2) is 0 Å². The van der Waals surface area contributed by atoms with Crippen molar-refractivity contribution in [2.45, 2.75) is 32.6 Å². The molecule has 100 valence electrons. The number of anilines is 1. The van der Waals surface area contributed by atoms with Crippen LogP contribution in [0.2, 0.25) is 0 Å². The van der Waals surface area contributed by atoms with Crippen LogP contribution in [-0.4, -0.2) is 22.2 Å². The summed E-state index contributed by atoms with van der Waals surface area (Å²) in [6.07, 6.45) is 6.18. The van der Waals surface area contributed by atoms with Gasteiger partial charge in [0.25, 0.3) is 0 Å². The molecule has 1 fully saturated rings. The van der Waals surface area contributed by atoms with Crippen molar-refractivity contribution in [3.8, 4) is 0 Å². The van der Waals surface area contributed by atoms with Crippen LogP contribution in [0.1, 0.15) is 31.4 Å². The Morgan fingerprint density at radius 2 is 2.28 bits per heavy atom. The van der Waals surface area contributed by atoms with Gasteiger partial charge in [0.1, 0.15) is 0 Å². The molecule has 2 unspecified atom stereocenters. The number of nitrogens with two attached hydrogens (primary N) is 1. The fourth-order valence-corrected chi connectivity index (χ4v) is 2.78. The Morgan fingerprint density at radius 1 is 1.56 bits per heavy atom. The van der Waals surface area contributed by atoms with E-state index in [2.05, 4.69) is 10.4 Å². The lowest BCUT2D eigenvalue weighted by Gasteiger charge is -2.29. The summed E-state index contributed by atoms with van der Waals surface area (Å²) in [5.74, 6) is 0.486. The van der Waals surface area contributed by atoms with Crippen molar-refractivity contribution >= 4 is 11.6 Å². The summed E-state index contributed by atoms with van der Waals surface area (Å²) in [6, 6.07) is 0. The molecule has 1 aromatic heterocycles. The third-order valence-electron chi connectivity index (χ3n) is 3.82. The first-order valence-corrected chi connectivity index (χ1v) is 6.63. The first kappa shape index (κ1) is 13.1. The Morgan fingerprint density at radius 3 is 2.89 bits per heavy atom. The fourth-order valence-electron chi connectivity index (χ4n) is 2.78. The molecule has 1 heterocycles. The second-order valence-electron chi connectivity index (χ2n) is 5.18. The van der Waals surface area contributed by atoms with Crippen LogP contribution in [0, 0.1) is 18.8 Å². The normalized spacial score (nSPS) is 23.9. The maximum atomic E-state index is 12.3. The molecular formula is C13H22N4O. The number of carbonyl (C=O) groups excluding carboxylic acids is 1. The largest absolute Gasteiger partial charge is 0.330 e. The molecule has 2 rings (SSSR count). The number of nitrogens with zero attached hydrogens (tertiary/aromatic N) is 2. The summed E-state index contributed by atoms with van der Waals surface area (Å²) >= 11 is 0. The van der Waals surface area contributed by atoms with Gasteiger partial charge >= 0.3 is 0 Å². The molecule has 1 aliphatic carbocycles. The maximum absolute atomic E-state index is 12.3. The van der Waals surface area contributed by atoms with Gasteiger partial charge in [-0.3, -0.25) is 9.48 Å². The maximum Gasteiger partial charge on any atom is 0.227 e. The number of amides is 1. The van der Waals surface area contributed by atoms with Crippen LogP contribution >= 0.6 is 0 Å². The fraction of sp³-hybridized carbons (Fsp3) is 0.692. The number of hydrogen-bond donors (Lipinski definition) is 2. The van der Waals surface area contributed by atoms with Gasteiger partial charge in [-0.1, -0.05) is 12.8 Å². The van der Waals surface area contributed by atoms with Crippen LogP contribution in [0.25, 0.3) is 0 Å². The smallest absolute Gasteiger partial charge is 0.227 e. The van der Waals surface area contributed by atoms with E-state index in [0.29, 0.717) is 12.5 Å². The summed E-state index contributed by atoms with van der Waals surface area (Å²) in [7, 11) is 1.85. The van der Waals surface area contributed by atoms with E-state index in [-0.39, 0.29) is 11.8 Å². The van der Waals surface area contributed by atoms with Crippen LogP contribution in [0.5, 0.6) is 0 Å². The van der Waals surface area contributed by atoms with Crippen LogP contribution in [0.15, 0.2) is 6.20 Å². The molecule has 18 heavy (non-hydrogen) atoms. The minimum absolute atomic E-state index is 0.0587. The Bertz CT molecular complexity index is 427. The first-order chi connectivity index (χ1) is 8.61. The van der Waals surface area contributed by atoms with Crippen LogP contribution < -0.4 is 11.1 Å². The number of nitrogens with one attached hydrogen (secondary N) is 1. The number of hydrogen-bond acceptors (Lipinski definition) is 3. The molecule has 1 amide bonds. The van der Waals surface area contributed by atoms with E-state index in [0.717, 1.165) is 30.6 Å². The van der Waals surface area contributed by atoms with Gasteiger partial charge in [0.2, 0.25) is 5.91 Å². The van der Waals surface area contributed by atoms with Crippen molar-refractivity contribution in [3.63, 3.8) is 0 Å². The lowest BCUT2D eigenvalue weighted by molar-refractivity contribution is -0.122. The zero-order chi connectivity index (χ0) is 13.1. The Balaban J connectivity index is 2.04. The lowest BCUT2D eigenvalue weighted by Crippen LogP contribution is -2.35. The lowest BCUT2D eigenvalue weighted by atomic mass is 9.78. The third kappa shape index (κ3) is 2.72. The van der Waals surface area contributed by atoms with Gasteiger partial charge in [-0.15, -0.1) is 0 Å². The van der Waals surface area contributed by atoms with E-state index in [9.17, 15) is 4.79 Å². The topological polar surface area (TPSA) is 72.9 Å². The number of aromatic nitrogens is 2. The molecule has 2 atom stereocenters. The molecule has 0 spiro atoms. The number of aryl methyl sites for hydroxylation is 2. The molecule has 5 nitrogen and oxygen atoms in total. The van der Waals surface area contributed by atoms with E-state index in [4.69, 9.17) is 5.73 Å². The molecular weight excluding hydrogens is 228 g/mol. The minimum atomic E-state index is 0.0587. The van der Waals surface area contributed by atoms with Gasteiger partial charge in [-0.2, -0.15) is 5.10 Å². The molecule has 1 saturated carbocycles. The minimum Gasteiger partial charge on any atom is -0.330 e. The monoisotopic (exact) mass is 250 g/mol. The summed E-state index contributed by atoms with van der Waals surface area (Å²) in [4.78, 5) is 12.3. The Kier molecular flexibility index (Phi) is 4.01. The molecule has 3 N–H and O–H groups in total. The zero-order valence-corrected chi connectivity index (χ0v) is 11.1. The van der Waals surface area contributed by atoms with Crippen molar-refractivity contribution in [2.75, 3.05) is 11.9 Å². The van der Waals surface area contributed by atoms with E-state index in [1.54, 1.807) is 4.68 Å². The average molecular weight is 250 g/mol. The van der Waals surface area contributed by atoms with Crippen molar-refractivity contribution in [1.29, 1.82) is 0 Å². The van der Waals surface area contributed by atoms with E-state index < -0.39 is 0 Å². The van der Waals surface area contributed by atoms with E-state index in [1.807, 2.05) is 20.2 Å². The third-order valence-corrected chi connectivity index (χ3v) is 3.82. The highest BCUT2D eigenvalue weighted by atomic mass is 16.1. The average Bonchev–Trinajstić information content (AvgIpc) is 2.67. The molecule has 1 aromatic rings. The number of carbonyl (C=O) groups is 1. The van der Waals surface area contributed by atoms with Gasteiger partial charge < -0.3 is 11.1 Å². The highest BCUT2D eigenvalue weighted by molar-refractivity contribution is 5.93. The summed E-state index contributed by atoms with van der Waals surface area (Å²) in [6.45, 7) is 2.50. The highest BCUT2D eigenvalue weighted by Gasteiger charge is 2.30. The molecule has 0 aliphatic heterocycles. The summed E-state index contributed by atoms with van der Waals surface area (Å²) < 4.78 is 1.71. The molecule has 0 aromatic carbocycles. The SMILES string of the molecule is Cc1nn(C)cc1NC(=O)C1CCCCC1CN. The van der Waals surface area contributed by atoms with E-state index in [1.165, 1.54) is 6.42 Å². The van der Waals surface area contributed by atoms with Gasteiger partial charge in [0.05, 0.1) is 11.4 Å². The summed E-state index contributed by atoms with van der Waals surface area (Å²) in [5, 5.41) is 7.21. The quantitative estimate of drug-likeness (QED) is 0.852. The van der Waals surface area contributed by atoms with Crippen molar-refractivity contribution in [2.24, 2.45) is 24.6 Å². The standard InChI is InChI=1S/C13H22N4O/c1-9-12(8-17(2)16-9)15-13(18)11-6-4-3-5-10(11)7-14/h8,10-11H,3-7,14H2,1-2H3,(H,15,18). The molecule has 0 saturated heterocycles. The van der Waals surface area contributed by atoms with Crippen molar-refractivity contribution in [3.05, 3.63) is 11.9 Å². The molecule has 5 heteroatoms. The highest BCUT2D eigenvalue weighted by Crippen LogP contribution is 2.30. The predicted octanol–water partition coefficient (Wildman–Crippen LogP) is 1.43. The molecule has 0 bridgehead atoms. The van der Waals surface area contributed by atoms with Crippen LogP contribution in [0.4, 0.5) is 5.69 Å². The first-order valence-electron chi connectivity index (χ1n) is 6.63. The predicted molar refractivity (Wildman–Crippen MR) is 71.1 cm³/mol. The molecule has 1 aliphatic rings. The van der Waals surface area contributed by atoms with E-state index >= 15 is 0 Å². The van der Waals surface area contributed by atoms with Gasteiger partial charge in [-0.05, 0) is 32.2 Å². The molecule has 0 radical (unpaired) electrons.